The summed E-state index contributed by atoms with van der Waals surface area (Å²) in [6, 6.07) is 9.75. The van der Waals surface area contributed by atoms with E-state index in [0.29, 0.717) is 11.1 Å². The van der Waals surface area contributed by atoms with Gasteiger partial charge in [0, 0.05) is 28.6 Å². The first kappa shape index (κ1) is 27.8. The fourth-order valence-electron chi connectivity index (χ4n) is 4.81. The van der Waals surface area contributed by atoms with Crippen LogP contribution in [0.3, 0.4) is 0 Å². The summed E-state index contributed by atoms with van der Waals surface area (Å²) < 4.78 is 82.8. The average molecular weight is 572 g/mol. The van der Waals surface area contributed by atoms with Gasteiger partial charge in [0.1, 0.15) is 36.5 Å². The van der Waals surface area contributed by atoms with Gasteiger partial charge in [0.25, 0.3) is 5.91 Å². The van der Waals surface area contributed by atoms with E-state index >= 15 is 0 Å². The van der Waals surface area contributed by atoms with Gasteiger partial charge in [0.05, 0.1) is 11.3 Å². The number of fused-ring (bicyclic) bond motifs is 2. The average Bonchev–Trinajstić information content (AvgIpc) is 2.92. The highest BCUT2D eigenvalue weighted by Gasteiger charge is 2.39. The number of nitrogens with one attached hydrogen (secondary N) is 1. The van der Waals surface area contributed by atoms with E-state index in [1.165, 1.54) is 24.3 Å². The van der Waals surface area contributed by atoms with Crippen LogP contribution in [-0.4, -0.2) is 41.2 Å². The molecule has 1 aliphatic heterocycles. The van der Waals surface area contributed by atoms with E-state index < -0.39 is 53.3 Å². The molecule has 4 aromatic rings. The first-order valence-electron chi connectivity index (χ1n) is 12.3. The minimum atomic E-state index is -4.78. The topological polar surface area (TPSA) is 97.8 Å². The van der Waals surface area contributed by atoms with E-state index in [1.807, 2.05) is 0 Å². The molecule has 2 heterocycles. The number of hydrogen-bond acceptors (Lipinski definition) is 5. The number of rotatable bonds is 6. The van der Waals surface area contributed by atoms with Gasteiger partial charge >= 0.3 is 12.1 Å². The van der Waals surface area contributed by atoms with Gasteiger partial charge in [-0.1, -0.05) is 36.4 Å². The molecule has 41 heavy (non-hydrogen) atoms. The van der Waals surface area contributed by atoms with Crippen molar-refractivity contribution in [2.75, 3.05) is 13.2 Å². The van der Waals surface area contributed by atoms with Gasteiger partial charge in [-0.25, -0.2) is 13.6 Å². The SMILES string of the molecule is Cc1nc(-c2ccc(C[C@H](NC(=O)c3c(F)cccc3F)C(=O)O)c3c2OCCO3)c(C(F)(F)F)c2ccccc12. The number of aliphatic carboxylic acids is 1. The lowest BCUT2D eigenvalue weighted by Gasteiger charge is -2.26. The number of carboxylic acids is 1. The van der Waals surface area contributed by atoms with Crippen LogP contribution in [0.1, 0.15) is 27.2 Å². The van der Waals surface area contributed by atoms with Crippen LogP contribution in [0.2, 0.25) is 0 Å². The van der Waals surface area contributed by atoms with E-state index in [1.54, 1.807) is 19.1 Å². The van der Waals surface area contributed by atoms with Crippen LogP contribution in [0.25, 0.3) is 22.0 Å². The first-order valence-corrected chi connectivity index (χ1v) is 12.3. The molecule has 0 spiro atoms. The number of carboxylic acid groups (broad SMARTS) is 1. The summed E-state index contributed by atoms with van der Waals surface area (Å²) >= 11 is 0. The third-order valence-electron chi connectivity index (χ3n) is 6.63. The van der Waals surface area contributed by atoms with Gasteiger partial charge in [-0.05, 0) is 30.5 Å². The molecule has 0 unspecified atom stereocenters. The molecule has 3 aromatic carbocycles. The molecule has 12 heteroatoms. The molecule has 1 aliphatic rings. The van der Waals surface area contributed by atoms with Crippen LogP contribution in [0, 0.1) is 18.6 Å². The van der Waals surface area contributed by atoms with Gasteiger partial charge < -0.3 is 19.9 Å². The molecule has 1 atom stereocenters. The Morgan fingerprint density at radius 1 is 0.951 bits per heavy atom. The molecular weight excluding hydrogens is 551 g/mol. The minimum Gasteiger partial charge on any atom is -0.486 e. The number of carbonyl (C=O) groups excluding carboxylic acids is 1. The molecule has 7 nitrogen and oxygen atoms in total. The van der Waals surface area contributed by atoms with Crippen LogP contribution in [-0.2, 0) is 17.4 Å². The third-order valence-corrected chi connectivity index (χ3v) is 6.63. The quantitative estimate of drug-likeness (QED) is 0.288. The van der Waals surface area contributed by atoms with E-state index in [-0.39, 0.29) is 46.9 Å². The zero-order valence-corrected chi connectivity index (χ0v) is 21.3. The Balaban J connectivity index is 1.58. The summed E-state index contributed by atoms with van der Waals surface area (Å²) in [5.41, 5.74) is -1.80. The van der Waals surface area contributed by atoms with Gasteiger partial charge in [-0.15, -0.1) is 0 Å². The molecule has 5 rings (SSSR count). The standard InChI is InChI=1S/C29H21F5N2O5/c1-14-16-5-2-3-6-17(16)23(29(32,33)34)24(35-14)18-10-9-15(25-26(18)41-12-11-40-25)13-21(28(38)39)36-27(37)22-19(30)7-4-8-20(22)31/h2-10,21H,11-13H2,1H3,(H,36,37)(H,38,39)/t21-/m0/s1. The molecule has 2 N–H and O–H groups in total. The largest absolute Gasteiger partial charge is 0.486 e. The lowest BCUT2D eigenvalue weighted by molar-refractivity contribution is -0.139. The van der Waals surface area contributed by atoms with Gasteiger partial charge in [0.2, 0.25) is 0 Å². The highest BCUT2D eigenvalue weighted by atomic mass is 19.4. The minimum absolute atomic E-state index is 0.00300. The molecule has 0 saturated heterocycles. The van der Waals surface area contributed by atoms with E-state index in [2.05, 4.69) is 10.3 Å². The number of amides is 1. The predicted molar refractivity (Wildman–Crippen MR) is 137 cm³/mol. The van der Waals surface area contributed by atoms with Crippen molar-refractivity contribution in [2.45, 2.75) is 25.6 Å². The predicted octanol–water partition coefficient (Wildman–Crippen LogP) is 5.70. The highest BCUT2D eigenvalue weighted by molar-refractivity contribution is 5.97. The molecule has 0 aliphatic carbocycles. The Morgan fingerprint density at radius 2 is 1.59 bits per heavy atom. The second kappa shape index (κ2) is 10.7. The summed E-state index contributed by atoms with van der Waals surface area (Å²) in [5.74, 6) is -5.26. The second-order valence-corrected chi connectivity index (χ2v) is 9.26. The Labute approximate surface area is 229 Å². The van der Waals surface area contributed by atoms with Gasteiger partial charge in [-0.2, -0.15) is 13.2 Å². The number of pyridine rings is 1. The maximum atomic E-state index is 14.4. The van der Waals surface area contributed by atoms with Gasteiger partial charge in [-0.3, -0.25) is 9.78 Å². The van der Waals surface area contributed by atoms with Crippen molar-refractivity contribution in [1.82, 2.24) is 10.3 Å². The van der Waals surface area contributed by atoms with Crippen molar-refractivity contribution in [3.05, 3.63) is 88.6 Å². The summed E-state index contributed by atoms with van der Waals surface area (Å²) in [5, 5.41) is 12.1. The Kier molecular flexibility index (Phi) is 7.24. The van der Waals surface area contributed by atoms with Crippen molar-refractivity contribution < 1.29 is 46.1 Å². The summed E-state index contributed by atoms with van der Waals surface area (Å²) in [6.07, 6.45) is -5.21. The fraction of sp³-hybridized carbons (Fsp3) is 0.207. The number of aromatic nitrogens is 1. The van der Waals surface area contributed by atoms with Gasteiger partial charge in [0.15, 0.2) is 11.5 Å². The number of nitrogens with zero attached hydrogens (tertiary/aromatic N) is 1. The second-order valence-electron chi connectivity index (χ2n) is 9.26. The Morgan fingerprint density at radius 3 is 2.22 bits per heavy atom. The fourth-order valence-corrected chi connectivity index (χ4v) is 4.81. The van der Waals surface area contributed by atoms with Crippen LogP contribution in [0.15, 0.2) is 54.6 Å². The highest BCUT2D eigenvalue weighted by Crippen LogP contribution is 2.48. The third kappa shape index (κ3) is 5.24. The number of carbonyl (C=O) groups is 2. The van der Waals surface area contributed by atoms with Crippen LogP contribution in [0.5, 0.6) is 11.5 Å². The monoisotopic (exact) mass is 572 g/mol. The molecule has 0 saturated carbocycles. The maximum Gasteiger partial charge on any atom is 0.419 e. The van der Waals surface area contributed by atoms with Crippen LogP contribution in [0.4, 0.5) is 22.0 Å². The number of aryl methyl sites for hydroxylation is 1. The van der Waals surface area contributed by atoms with Crippen LogP contribution < -0.4 is 14.8 Å². The maximum absolute atomic E-state index is 14.4. The molecule has 1 amide bonds. The number of halogens is 5. The van der Waals surface area contributed by atoms with Crippen molar-refractivity contribution in [3.63, 3.8) is 0 Å². The van der Waals surface area contributed by atoms with E-state index in [4.69, 9.17) is 9.47 Å². The summed E-state index contributed by atoms with van der Waals surface area (Å²) in [7, 11) is 0. The molecule has 212 valence electrons. The smallest absolute Gasteiger partial charge is 0.419 e. The number of benzene rings is 3. The first-order chi connectivity index (χ1) is 19.5. The normalized spacial score (nSPS) is 13.6. The number of ether oxygens (including phenoxy) is 2. The van der Waals surface area contributed by atoms with Crippen molar-refractivity contribution >= 4 is 22.6 Å². The lowest BCUT2D eigenvalue weighted by Crippen LogP contribution is -2.43. The Hall–Kier alpha value is -4.74. The molecule has 0 radical (unpaired) electrons. The van der Waals surface area contributed by atoms with Crippen molar-refractivity contribution in [2.24, 2.45) is 0 Å². The number of hydrogen-bond donors (Lipinski definition) is 2. The van der Waals surface area contributed by atoms with Crippen molar-refractivity contribution in [3.8, 4) is 22.8 Å². The zero-order valence-electron chi connectivity index (χ0n) is 21.3. The zero-order chi connectivity index (χ0) is 29.5. The van der Waals surface area contributed by atoms with Crippen LogP contribution >= 0.6 is 0 Å². The molecule has 0 bridgehead atoms. The molecule has 1 aromatic heterocycles. The Bertz CT molecular complexity index is 1670. The van der Waals surface area contributed by atoms with E-state index in [9.17, 15) is 36.6 Å². The summed E-state index contributed by atoms with van der Waals surface area (Å²) in [6.45, 7) is 1.61. The molecule has 0 fully saturated rings. The molecular formula is C29H21F5N2O5. The lowest BCUT2D eigenvalue weighted by atomic mass is 9.94. The summed E-state index contributed by atoms with van der Waals surface area (Å²) in [4.78, 5) is 28.8. The van der Waals surface area contributed by atoms with E-state index in [0.717, 1.165) is 18.2 Å². The number of alkyl halides is 3. The van der Waals surface area contributed by atoms with Crippen molar-refractivity contribution in [1.29, 1.82) is 0 Å².